The lowest BCUT2D eigenvalue weighted by molar-refractivity contribution is -0.159. The molecule has 1 saturated heterocycles. The van der Waals surface area contributed by atoms with E-state index in [0.717, 1.165) is 0 Å². The summed E-state index contributed by atoms with van der Waals surface area (Å²) in [6, 6.07) is 3.41. The maximum Gasteiger partial charge on any atom is 0.334 e. The number of pyridine rings is 1. The second kappa shape index (κ2) is 6.73. The predicted octanol–water partition coefficient (Wildman–Crippen LogP) is 0.483. The van der Waals surface area contributed by atoms with Crippen LogP contribution in [-0.4, -0.2) is 66.3 Å². The van der Waals surface area contributed by atoms with Gasteiger partial charge in [-0.3, -0.25) is 4.79 Å². The van der Waals surface area contributed by atoms with Crippen LogP contribution in [0.2, 0.25) is 5.02 Å². The number of ether oxygens (including phenoxy) is 1. The molecule has 0 saturated carbocycles. The van der Waals surface area contributed by atoms with Crippen LogP contribution in [0.15, 0.2) is 18.3 Å². The molecule has 2 rings (SSSR count). The molecule has 2 heterocycles. The number of halogens is 1. The molecular weight excluding hydrogens is 298 g/mol. The molecule has 1 aliphatic rings. The van der Waals surface area contributed by atoms with E-state index in [1.165, 1.54) is 11.1 Å². The van der Waals surface area contributed by atoms with Crippen molar-refractivity contribution in [2.75, 3.05) is 38.2 Å². The first-order chi connectivity index (χ1) is 9.97. The number of hydrogen-bond acceptors (Lipinski definition) is 5. The summed E-state index contributed by atoms with van der Waals surface area (Å²) in [6.07, 6.45) is 0.550. The summed E-state index contributed by atoms with van der Waals surface area (Å²) < 4.78 is 5.09. The highest BCUT2D eigenvalue weighted by atomic mass is 35.5. The molecule has 1 amide bonds. The SMILES string of the molecule is CN(CC(=O)N1CCOC(C(=O)O)C1)c1ccc(Cl)cn1. The Balaban J connectivity index is 1.94. The summed E-state index contributed by atoms with van der Waals surface area (Å²) in [4.78, 5) is 30.4. The Hall–Kier alpha value is -1.86. The average molecular weight is 314 g/mol. The van der Waals surface area contributed by atoms with E-state index in [1.807, 2.05) is 0 Å². The van der Waals surface area contributed by atoms with Crippen LogP contribution in [-0.2, 0) is 14.3 Å². The molecule has 1 aromatic heterocycles. The molecule has 0 bridgehead atoms. The van der Waals surface area contributed by atoms with Gasteiger partial charge in [-0.05, 0) is 12.1 Å². The first kappa shape index (κ1) is 15.5. The third-order valence-corrected chi connectivity index (χ3v) is 3.39. The number of aromatic nitrogens is 1. The summed E-state index contributed by atoms with van der Waals surface area (Å²) in [5, 5.41) is 9.45. The molecule has 114 valence electrons. The Kier molecular flexibility index (Phi) is 4.98. The van der Waals surface area contributed by atoms with Gasteiger partial charge in [0, 0.05) is 19.8 Å². The normalized spacial score (nSPS) is 18.4. The Morgan fingerprint density at radius 2 is 2.33 bits per heavy atom. The van der Waals surface area contributed by atoms with Crippen LogP contribution in [0.4, 0.5) is 5.82 Å². The standard InChI is InChI=1S/C13H16ClN3O4/c1-16(11-3-2-9(14)6-15-11)8-12(18)17-4-5-21-10(7-17)13(19)20/h2-3,6,10H,4-5,7-8H2,1H3,(H,19,20). The molecule has 1 unspecified atom stereocenters. The third kappa shape index (κ3) is 4.05. The van der Waals surface area contributed by atoms with Crippen LogP contribution in [0, 0.1) is 0 Å². The molecule has 0 spiro atoms. The number of nitrogens with zero attached hydrogens (tertiary/aromatic N) is 3. The summed E-state index contributed by atoms with van der Waals surface area (Å²) >= 11 is 5.76. The van der Waals surface area contributed by atoms with Gasteiger partial charge in [0.1, 0.15) is 5.82 Å². The van der Waals surface area contributed by atoms with Gasteiger partial charge in [-0.15, -0.1) is 0 Å². The molecule has 8 heteroatoms. The first-order valence-electron chi connectivity index (χ1n) is 6.42. The van der Waals surface area contributed by atoms with Gasteiger partial charge in [-0.1, -0.05) is 11.6 Å². The van der Waals surface area contributed by atoms with E-state index in [4.69, 9.17) is 21.4 Å². The van der Waals surface area contributed by atoms with Crippen molar-refractivity contribution in [3.63, 3.8) is 0 Å². The molecule has 0 aliphatic carbocycles. The van der Waals surface area contributed by atoms with Gasteiger partial charge in [0.2, 0.25) is 5.91 Å². The lowest BCUT2D eigenvalue weighted by Gasteiger charge is -2.32. The molecule has 0 aromatic carbocycles. The van der Waals surface area contributed by atoms with Crippen LogP contribution in [0.25, 0.3) is 0 Å². The molecule has 7 nitrogen and oxygen atoms in total. The second-order valence-corrected chi connectivity index (χ2v) is 5.16. The van der Waals surface area contributed by atoms with E-state index in [0.29, 0.717) is 17.4 Å². The summed E-state index contributed by atoms with van der Waals surface area (Å²) in [6.45, 7) is 0.799. The van der Waals surface area contributed by atoms with Crippen molar-refractivity contribution >= 4 is 29.3 Å². The molecule has 21 heavy (non-hydrogen) atoms. The van der Waals surface area contributed by atoms with Crippen molar-refractivity contribution in [1.82, 2.24) is 9.88 Å². The van der Waals surface area contributed by atoms with E-state index in [1.54, 1.807) is 24.1 Å². The van der Waals surface area contributed by atoms with Crippen molar-refractivity contribution in [1.29, 1.82) is 0 Å². The van der Waals surface area contributed by atoms with E-state index in [-0.39, 0.29) is 25.6 Å². The van der Waals surface area contributed by atoms with Crippen LogP contribution in [0.3, 0.4) is 0 Å². The van der Waals surface area contributed by atoms with Crippen LogP contribution in [0.1, 0.15) is 0 Å². The maximum atomic E-state index is 12.2. The number of carboxylic acids is 1. The minimum absolute atomic E-state index is 0.0655. The highest BCUT2D eigenvalue weighted by Crippen LogP contribution is 2.13. The minimum atomic E-state index is -1.06. The summed E-state index contributed by atoms with van der Waals surface area (Å²) in [5.74, 6) is -0.597. The lowest BCUT2D eigenvalue weighted by Crippen LogP contribution is -2.51. The fourth-order valence-electron chi connectivity index (χ4n) is 2.00. The van der Waals surface area contributed by atoms with Gasteiger partial charge >= 0.3 is 5.97 Å². The zero-order valence-electron chi connectivity index (χ0n) is 11.5. The van der Waals surface area contributed by atoms with E-state index in [9.17, 15) is 9.59 Å². The molecule has 1 N–H and O–H groups in total. The topological polar surface area (TPSA) is 83.0 Å². The highest BCUT2D eigenvalue weighted by molar-refractivity contribution is 6.30. The number of rotatable bonds is 4. The molecule has 1 aliphatic heterocycles. The quantitative estimate of drug-likeness (QED) is 0.870. The average Bonchev–Trinajstić information content (AvgIpc) is 2.48. The largest absolute Gasteiger partial charge is 0.479 e. The summed E-state index contributed by atoms with van der Waals surface area (Å²) in [7, 11) is 1.74. The van der Waals surface area contributed by atoms with Crippen molar-refractivity contribution < 1.29 is 19.4 Å². The monoisotopic (exact) mass is 313 g/mol. The van der Waals surface area contributed by atoms with Gasteiger partial charge in [-0.2, -0.15) is 0 Å². The smallest absolute Gasteiger partial charge is 0.334 e. The van der Waals surface area contributed by atoms with Crippen molar-refractivity contribution in [3.8, 4) is 0 Å². The van der Waals surface area contributed by atoms with Crippen molar-refractivity contribution in [2.45, 2.75) is 6.10 Å². The number of anilines is 1. The number of aliphatic carboxylic acids is 1. The molecule has 0 radical (unpaired) electrons. The van der Waals surface area contributed by atoms with E-state index < -0.39 is 12.1 Å². The first-order valence-corrected chi connectivity index (χ1v) is 6.80. The van der Waals surface area contributed by atoms with Crippen LogP contribution in [0.5, 0.6) is 0 Å². The summed E-state index contributed by atoms with van der Waals surface area (Å²) in [5.41, 5.74) is 0. The predicted molar refractivity (Wildman–Crippen MR) is 76.5 cm³/mol. The Morgan fingerprint density at radius 3 is 2.95 bits per heavy atom. The second-order valence-electron chi connectivity index (χ2n) is 4.73. The Morgan fingerprint density at radius 1 is 1.57 bits per heavy atom. The van der Waals surface area contributed by atoms with Gasteiger partial charge in [0.05, 0.1) is 24.7 Å². The van der Waals surface area contributed by atoms with Crippen LogP contribution < -0.4 is 4.90 Å². The zero-order valence-corrected chi connectivity index (χ0v) is 12.3. The van der Waals surface area contributed by atoms with Gasteiger partial charge in [0.25, 0.3) is 0 Å². The number of carbonyl (C=O) groups excluding carboxylic acids is 1. The fourth-order valence-corrected chi connectivity index (χ4v) is 2.11. The maximum absolute atomic E-state index is 12.2. The van der Waals surface area contributed by atoms with Gasteiger partial charge in [0.15, 0.2) is 6.10 Å². The number of amides is 1. The minimum Gasteiger partial charge on any atom is -0.479 e. The van der Waals surface area contributed by atoms with Crippen LogP contribution >= 0.6 is 11.6 Å². The number of carboxylic acid groups (broad SMARTS) is 1. The van der Waals surface area contributed by atoms with Crippen molar-refractivity contribution in [3.05, 3.63) is 23.4 Å². The highest BCUT2D eigenvalue weighted by Gasteiger charge is 2.29. The third-order valence-electron chi connectivity index (χ3n) is 3.17. The lowest BCUT2D eigenvalue weighted by atomic mass is 10.2. The number of carbonyl (C=O) groups is 2. The number of hydrogen-bond donors (Lipinski definition) is 1. The Labute approximate surface area is 127 Å². The Bertz CT molecular complexity index is 523. The van der Waals surface area contributed by atoms with E-state index in [2.05, 4.69) is 4.98 Å². The molecular formula is C13H16ClN3O4. The van der Waals surface area contributed by atoms with E-state index >= 15 is 0 Å². The molecule has 1 fully saturated rings. The fraction of sp³-hybridized carbons (Fsp3) is 0.462. The van der Waals surface area contributed by atoms with Gasteiger partial charge in [-0.25, -0.2) is 9.78 Å². The molecule has 1 atom stereocenters. The van der Waals surface area contributed by atoms with Crippen molar-refractivity contribution in [2.24, 2.45) is 0 Å². The molecule has 1 aromatic rings. The number of morpholine rings is 1. The zero-order chi connectivity index (χ0) is 15.4. The number of likely N-dealkylation sites (N-methyl/N-ethyl adjacent to an activating group) is 1. The van der Waals surface area contributed by atoms with Gasteiger partial charge < -0.3 is 19.6 Å².